The quantitative estimate of drug-likeness (QED) is 0.719. The third kappa shape index (κ3) is 4.00. The summed E-state index contributed by atoms with van der Waals surface area (Å²) in [5, 5.41) is 3.22. The molecular formula is C19H15ClFNO3. The van der Waals surface area contributed by atoms with Crippen LogP contribution >= 0.6 is 11.6 Å². The highest BCUT2D eigenvalue weighted by Crippen LogP contribution is 2.33. The van der Waals surface area contributed by atoms with Gasteiger partial charge in [-0.15, -0.1) is 0 Å². The number of ether oxygens (including phenoxy) is 1. The number of furan rings is 1. The molecule has 0 saturated carbocycles. The first-order chi connectivity index (χ1) is 12.1. The zero-order valence-electron chi connectivity index (χ0n) is 13.4. The van der Waals surface area contributed by atoms with Gasteiger partial charge in [-0.1, -0.05) is 23.7 Å². The van der Waals surface area contributed by atoms with Gasteiger partial charge in [0.2, 0.25) is 0 Å². The van der Waals surface area contributed by atoms with E-state index in [0.717, 1.165) is 0 Å². The lowest BCUT2D eigenvalue weighted by Gasteiger charge is -2.06. The number of carbonyl (C=O) groups is 1. The topological polar surface area (TPSA) is 51.5 Å². The average molecular weight is 360 g/mol. The Morgan fingerprint density at radius 1 is 1.20 bits per heavy atom. The van der Waals surface area contributed by atoms with E-state index in [2.05, 4.69) is 5.32 Å². The molecule has 1 N–H and O–H groups in total. The Morgan fingerprint density at radius 2 is 2.04 bits per heavy atom. The van der Waals surface area contributed by atoms with Crippen LogP contribution in [0.5, 0.6) is 5.75 Å². The Morgan fingerprint density at radius 3 is 2.80 bits per heavy atom. The Kier molecular flexibility index (Phi) is 5.05. The molecule has 25 heavy (non-hydrogen) atoms. The predicted octanol–water partition coefficient (Wildman–Crippen LogP) is 4.68. The summed E-state index contributed by atoms with van der Waals surface area (Å²) in [5.41, 5.74) is 1.32. The van der Waals surface area contributed by atoms with Crippen LogP contribution < -0.4 is 10.1 Å². The molecule has 0 saturated heterocycles. The second-order valence-electron chi connectivity index (χ2n) is 5.32. The van der Waals surface area contributed by atoms with Crippen molar-refractivity contribution in [2.75, 3.05) is 7.11 Å². The molecule has 0 bridgehead atoms. The van der Waals surface area contributed by atoms with Crippen molar-refractivity contribution in [1.82, 2.24) is 5.32 Å². The molecule has 2 aromatic carbocycles. The van der Waals surface area contributed by atoms with Crippen molar-refractivity contribution in [1.29, 1.82) is 0 Å². The number of carbonyl (C=O) groups excluding carboxylic acids is 1. The average Bonchev–Trinajstić information content (AvgIpc) is 3.10. The van der Waals surface area contributed by atoms with Gasteiger partial charge >= 0.3 is 0 Å². The van der Waals surface area contributed by atoms with E-state index < -0.39 is 5.91 Å². The van der Waals surface area contributed by atoms with E-state index in [1.807, 2.05) is 0 Å². The molecule has 1 amide bonds. The first-order valence-corrected chi connectivity index (χ1v) is 7.91. The van der Waals surface area contributed by atoms with Crippen LogP contribution in [-0.2, 0) is 6.54 Å². The van der Waals surface area contributed by atoms with E-state index in [0.29, 0.717) is 27.7 Å². The standard InChI is InChI=1S/C19H15ClFNO3/c1-24-16-6-5-13(20)10-15(16)17-7-8-18(25-17)19(23)22-11-12-3-2-4-14(21)9-12/h2-10H,11H2,1H3,(H,22,23). The zero-order valence-corrected chi connectivity index (χ0v) is 14.1. The number of hydrogen-bond acceptors (Lipinski definition) is 3. The van der Waals surface area contributed by atoms with Crippen molar-refractivity contribution in [2.45, 2.75) is 6.54 Å². The van der Waals surface area contributed by atoms with Crippen molar-refractivity contribution >= 4 is 17.5 Å². The molecule has 1 heterocycles. The van der Waals surface area contributed by atoms with Crippen LogP contribution in [-0.4, -0.2) is 13.0 Å². The number of amides is 1. The maximum Gasteiger partial charge on any atom is 0.287 e. The minimum Gasteiger partial charge on any atom is -0.496 e. The van der Waals surface area contributed by atoms with Gasteiger partial charge in [-0.05, 0) is 48.0 Å². The second kappa shape index (κ2) is 7.40. The Balaban J connectivity index is 1.75. The molecule has 0 atom stereocenters. The molecule has 0 aliphatic carbocycles. The molecule has 0 radical (unpaired) electrons. The number of halogens is 2. The summed E-state index contributed by atoms with van der Waals surface area (Å²) in [6, 6.07) is 14.4. The van der Waals surface area contributed by atoms with Gasteiger partial charge in [-0.25, -0.2) is 4.39 Å². The highest BCUT2D eigenvalue weighted by molar-refractivity contribution is 6.30. The van der Waals surface area contributed by atoms with Crippen LogP contribution in [0.15, 0.2) is 59.0 Å². The molecule has 0 spiro atoms. The van der Waals surface area contributed by atoms with Gasteiger partial charge in [0.05, 0.1) is 12.7 Å². The van der Waals surface area contributed by atoms with E-state index in [1.54, 1.807) is 49.6 Å². The summed E-state index contributed by atoms with van der Waals surface area (Å²) in [6.45, 7) is 0.202. The van der Waals surface area contributed by atoms with Gasteiger partial charge in [-0.2, -0.15) is 0 Å². The predicted molar refractivity (Wildman–Crippen MR) is 93.3 cm³/mol. The van der Waals surface area contributed by atoms with Gasteiger partial charge in [-0.3, -0.25) is 4.79 Å². The summed E-state index contributed by atoms with van der Waals surface area (Å²) in [5.74, 6) is 0.464. The van der Waals surface area contributed by atoms with E-state index in [4.69, 9.17) is 20.8 Å². The fraction of sp³-hybridized carbons (Fsp3) is 0.105. The summed E-state index contributed by atoms with van der Waals surface area (Å²) in [7, 11) is 1.54. The summed E-state index contributed by atoms with van der Waals surface area (Å²) in [6.07, 6.45) is 0. The highest BCUT2D eigenvalue weighted by Gasteiger charge is 2.15. The van der Waals surface area contributed by atoms with Gasteiger partial charge in [0.25, 0.3) is 5.91 Å². The molecule has 6 heteroatoms. The molecule has 3 aromatic rings. The van der Waals surface area contributed by atoms with Crippen LogP contribution in [0.25, 0.3) is 11.3 Å². The van der Waals surface area contributed by atoms with Crippen molar-refractivity contribution in [3.8, 4) is 17.1 Å². The van der Waals surface area contributed by atoms with Crippen molar-refractivity contribution in [3.05, 3.63) is 76.8 Å². The first-order valence-electron chi connectivity index (χ1n) is 7.53. The molecule has 0 aliphatic rings. The Bertz CT molecular complexity index is 907. The highest BCUT2D eigenvalue weighted by atomic mass is 35.5. The van der Waals surface area contributed by atoms with Crippen LogP contribution in [0, 0.1) is 5.82 Å². The van der Waals surface area contributed by atoms with Crippen molar-refractivity contribution < 1.29 is 18.3 Å². The minimum absolute atomic E-state index is 0.147. The van der Waals surface area contributed by atoms with Gasteiger partial charge in [0.15, 0.2) is 5.76 Å². The number of methoxy groups -OCH3 is 1. The van der Waals surface area contributed by atoms with Gasteiger partial charge in [0.1, 0.15) is 17.3 Å². The number of benzene rings is 2. The fourth-order valence-corrected chi connectivity index (χ4v) is 2.57. The second-order valence-corrected chi connectivity index (χ2v) is 5.76. The van der Waals surface area contributed by atoms with E-state index >= 15 is 0 Å². The molecule has 0 fully saturated rings. The lowest BCUT2D eigenvalue weighted by atomic mass is 10.1. The largest absolute Gasteiger partial charge is 0.496 e. The van der Waals surface area contributed by atoms with Crippen LogP contribution in [0.3, 0.4) is 0 Å². The molecule has 0 unspecified atom stereocenters. The summed E-state index contributed by atoms with van der Waals surface area (Å²) < 4.78 is 24.1. The van der Waals surface area contributed by atoms with Crippen molar-refractivity contribution in [2.24, 2.45) is 0 Å². The first kappa shape index (κ1) is 17.0. The van der Waals surface area contributed by atoms with E-state index in [9.17, 15) is 9.18 Å². The van der Waals surface area contributed by atoms with E-state index in [-0.39, 0.29) is 18.1 Å². The van der Waals surface area contributed by atoms with Crippen LogP contribution in [0.4, 0.5) is 4.39 Å². The smallest absolute Gasteiger partial charge is 0.287 e. The van der Waals surface area contributed by atoms with Gasteiger partial charge < -0.3 is 14.5 Å². The molecule has 128 valence electrons. The molecule has 0 aliphatic heterocycles. The minimum atomic E-state index is -0.392. The van der Waals surface area contributed by atoms with Gasteiger partial charge in [0, 0.05) is 11.6 Å². The third-order valence-electron chi connectivity index (χ3n) is 3.60. The molecular weight excluding hydrogens is 345 g/mol. The molecule has 3 rings (SSSR count). The maximum atomic E-state index is 13.2. The molecule has 4 nitrogen and oxygen atoms in total. The van der Waals surface area contributed by atoms with Crippen molar-refractivity contribution in [3.63, 3.8) is 0 Å². The van der Waals surface area contributed by atoms with E-state index in [1.165, 1.54) is 12.1 Å². The Labute approximate surface area is 149 Å². The summed E-state index contributed by atoms with van der Waals surface area (Å²) in [4.78, 5) is 12.2. The number of hydrogen-bond donors (Lipinski definition) is 1. The molecule has 1 aromatic heterocycles. The normalized spacial score (nSPS) is 10.5. The van der Waals surface area contributed by atoms with Crippen LogP contribution in [0.1, 0.15) is 16.1 Å². The Hall–Kier alpha value is -2.79. The summed E-state index contributed by atoms with van der Waals surface area (Å²) >= 11 is 6.02. The monoisotopic (exact) mass is 359 g/mol. The lowest BCUT2D eigenvalue weighted by Crippen LogP contribution is -2.22. The van der Waals surface area contributed by atoms with Crippen LogP contribution in [0.2, 0.25) is 5.02 Å². The maximum absolute atomic E-state index is 13.2. The third-order valence-corrected chi connectivity index (χ3v) is 3.83. The number of rotatable bonds is 5. The SMILES string of the molecule is COc1ccc(Cl)cc1-c1ccc(C(=O)NCc2cccc(F)c2)o1. The fourth-order valence-electron chi connectivity index (χ4n) is 2.39. The lowest BCUT2D eigenvalue weighted by molar-refractivity contribution is 0.0924. The zero-order chi connectivity index (χ0) is 17.8. The number of nitrogens with one attached hydrogen (secondary N) is 1.